The number of nitro groups is 1. The van der Waals surface area contributed by atoms with Gasteiger partial charge in [0.25, 0.3) is 11.6 Å². The maximum atomic E-state index is 11.9. The van der Waals surface area contributed by atoms with Gasteiger partial charge in [-0.15, -0.1) is 0 Å². The maximum absolute atomic E-state index is 11.9. The number of anilines is 1. The van der Waals surface area contributed by atoms with Gasteiger partial charge < -0.3 is 5.32 Å². The molecule has 0 saturated carbocycles. The van der Waals surface area contributed by atoms with Crippen molar-refractivity contribution in [3.8, 4) is 0 Å². The van der Waals surface area contributed by atoms with E-state index in [1.165, 1.54) is 24.5 Å². The Morgan fingerprint density at radius 3 is 2.58 bits per heavy atom. The topological polar surface area (TPSA) is 85.1 Å². The van der Waals surface area contributed by atoms with Crippen molar-refractivity contribution in [3.05, 3.63) is 64.0 Å². The highest BCUT2D eigenvalue weighted by molar-refractivity contribution is 6.04. The summed E-state index contributed by atoms with van der Waals surface area (Å²) in [6, 6.07) is 7.48. The van der Waals surface area contributed by atoms with E-state index in [9.17, 15) is 14.9 Å². The molecule has 0 radical (unpaired) electrons. The molecule has 0 unspecified atom stereocenters. The van der Waals surface area contributed by atoms with E-state index in [-0.39, 0.29) is 11.6 Å². The van der Waals surface area contributed by atoms with Crippen LogP contribution in [-0.2, 0) is 0 Å². The molecular weight excluding hydrogens is 246 g/mol. The van der Waals surface area contributed by atoms with Gasteiger partial charge in [0.15, 0.2) is 0 Å². The molecule has 0 aliphatic heterocycles. The van der Waals surface area contributed by atoms with E-state index in [4.69, 9.17) is 0 Å². The zero-order valence-electron chi connectivity index (χ0n) is 10.2. The SMILES string of the molecule is Cc1ccc([N+](=O)[O-])cc1NC(=O)c1ccncc1. The normalized spacial score (nSPS) is 9.95. The number of carbonyl (C=O) groups excluding carboxylic acids is 1. The van der Waals surface area contributed by atoms with Crippen LogP contribution in [0.25, 0.3) is 0 Å². The molecule has 96 valence electrons. The molecule has 1 aromatic carbocycles. The predicted molar refractivity (Wildman–Crippen MR) is 70.0 cm³/mol. The first kappa shape index (κ1) is 12.7. The molecule has 2 aromatic rings. The Morgan fingerprint density at radius 1 is 1.26 bits per heavy atom. The summed E-state index contributed by atoms with van der Waals surface area (Å²) in [5.41, 5.74) is 1.57. The lowest BCUT2D eigenvalue weighted by molar-refractivity contribution is -0.384. The molecular formula is C13H11N3O3. The number of nitrogens with zero attached hydrogens (tertiary/aromatic N) is 2. The third-order valence-corrected chi connectivity index (χ3v) is 2.62. The Hall–Kier alpha value is -2.76. The third-order valence-electron chi connectivity index (χ3n) is 2.62. The van der Waals surface area contributed by atoms with Crippen molar-refractivity contribution >= 4 is 17.3 Å². The van der Waals surface area contributed by atoms with E-state index in [1.807, 2.05) is 0 Å². The summed E-state index contributed by atoms with van der Waals surface area (Å²) in [6.07, 6.45) is 3.02. The average molecular weight is 257 g/mol. The second-order valence-electron chi connectivity index (χ2n) is 3.95. The standard InChI is InChI=1S/C13H11N3O3/c1-9-2-3-11(16(18)19)8-12(9)15-13(17)10-4-6-14-7-5-10/h2-8H,1H3,(H,15,17). The van der Waals surface area contributed by atoms with Crippen LogP contribution in [0.4, 0.5) is 11.4 Å². The van der Waals surface area contributed by atoms with Crippen molar-refractivity contribution in [2.45, 2.75) is 6.92 Å². The van der Waals surface area contributed by atoms with Gasteiger partial charge in [-0.1, -0.05) is 6.07 Å². The number of rotatable bonds is 3. The minimum absolute atomic E-state index is 0.0596. The van der Waals surface area contributed by atoms with Gasteiger partial charge in [-0.3, -0.25) is 19.9 Å². The monoisotopic (exact) mass is 257 g/mol. The Kier molecular flexibility index (Phi) is 3.51. The summed E-state index contributed by atoms with van der Waals surface area (Å²) in [4.78, 5) is 26.0. The third kappa shape index (κ3) is 2.92. The molecule has 0 bridgehead atoms. The van der Waals surface area contributed by atoms with Crippen LogP contribution in [0.2, 0.25) is 0 Å². The zero-order valence-corrected chi connectivity index (χ0v) is 10.2. The Morgan fingerprint density at radius 2 is 1.95 bits per heavy atom. The Bertz CT molecular complexity index is 626. The first-order chi connectivity index (χ1) is 9.08. The number of nitro benzene ring substituents is 1. The van der Waals surface area contributed by atoms with Gasteiger partial charge >= 0.3 is 0 Å². The molecule has 2 rings (SSSR count). The molecule has 19 heavy (non-hydrogen) atoms. The fourth-order valence-electron chi connectivity index (χ4n) is 1.56. The molecule has 1 heterocycles. The van der Waals surface area contributed by atoms with Gasteiger partial charge in [0, 0.05) is 30.1 Å². The zero-order chi connectivity index (χ0) is 13.8. The molecule has 0 fully saturated rings. The van der Waals surface area contributed by atoms with Crippen LogP contribution in [0.5, 0.6) is 0 Å². The maximum Gasteiger partial charge on any atom is 0.271 e. The largest absolute Gasteiger partial charge is 0.321 e. The summed E-state index contributed by atoms with van der Waals surface area (Å²) < 4.78 is 0. The molecule has 0 spiro atoms. The summed E-state index contributed by atoms with van der Waals surface area (Å²) in [5.74, 6) is -0.328. The van der Waals surface area contributed by atoms with E-state index in [0.717, 1.165) is 5.56 Å². The number of hydrogen-bond donors (Lipinski definition) is 1. The molecule has 0 aliphatic rings. The number of pyridine rings is 1. The van der Waals surface area contributed by atoms with Gasteiger partial charge in [0.2, 0.25) is 0 Å². The lowest BCUT2D eigenvalue weighted by Crippen LogP contribution is -2.12. The van der Waals surface area contributed by atoms with Crippen molar-refractivity contribution in [1.29, 1.82) is 0 Å². The van der Waals surface area contributed by atoms with Crippen LogP contribution in [0.15, 0.2) is 42.7 Å². The second-order valence-corrected chi connectivity index (χ2v) is 3.95. The van der Waals surface area contributed by atoms with E-state index < -0.39 is 4.92 Å². The number of carbonyl (C=O) groups is 1. The number of benzene rings is 1. The first-order valence-corrected chi connectivity index (χ1v) is 5.54. The van der Waals surface area contributed by atoms with Crippen molar-refractivity contribution in [3.63, 3.8) is 0 Å². The molecule has 1 aromatic heterocycles. The van der Waals surface area contributed by atoms with Crippen LogP contribution in [-0.4, -0.2) is 15.8 Å². The van der Waals surface area contributed by atoms with Crippen LogP contribution in [0.1, 0.15) is 15.9 Å². The fraction of sp³-hybridized carbons (Fsp3) is 0.0769. The number of nitrogens with one attached hydrogen (secondary N) is 1. The van der Waals surface area contributed by atoms with Crippen molar-refractivity contribution in [2.24, 2.45) is 0 Å². The quantitative estimate of drug-likeness (QED) is 0.676. The number of amides is 1. The number of non-ortho nitro benzene ring substituents is 1. The summed E-state index contributed by atoms with van der Waals surface area (Å²) >= 11 is 0. The first-order valence-electron chi connectivity index (χ1n) is 5.54. The van der Waals surface area contributed by atoms with Gasteiger partial charge in [0.05, 0.1) is 10.6 Å². The highest BCUT2D eigenvalue weighted by atomic mass is 16.6. The fourth-order valence-corrected chi connectivity index (χ4v) is 1.56. The van der Waals surface area contributed by atoms with Gasteiger partial charge in [-0.2, -0.15) is 0 Å². The summed E-state index contributed by atoms with van der Waals surface area (Å²) in [5, 5.41) is 13.4. The smallest absolute Gasteiger partial charge is 0.271 e. The van der Waals surface area contributed by atoms with Gasteiger partial charge in [-0.25, -0.2) is 0 Å². The van der Waals surface area contributed by atoms with Gasteiger partial charge in [-0.05, 0) is 24.6 Å². The van der Waals surface area contributed by atoms with E-state index in [1.54, 1.807) is 25.1 Å². The number of hydrogen-bond acceptors (Lipinski definition) is 4. The predicted octanol–water partition coefficient (Wildman–Crippen LogP) is 2.55. The van der Waals surface area contributed by atoms with Crippen molar-refractivity contribution in [1.82, 2.24) is 4.98 Å². The highest BCUT2D eigenvalue weighted by Gasteiger charge is 2.11. The minimum Gasteiger partial charge on any atom is -0.321 e. The van der Waals surface area contributed by atoms with E-state index >= 15 is 0 Å². The van der Waals surface area contributed by atoms with Crippen LogP contribution >= 0.6 is 0 Å². The van der Waals surface area contributed by atoms with Gasteiger partial charge in [0.1, 0.15) is 0 Å². The van der Waals surface area contributed by atoms with Crippen LogP contribution in [0, 0.1) is 17.0 Å². The van der Waals surface area contributed by atoms with Crippen LogP contribution in [0.3, 0.4) is 0 Å². The molecule has 0 saturated heterocycles. The second kappa shape index (κ2) is 5.26. The van der Waals surface area contributed by atoms with Crippen LogP contribution < -0.4 is 5.32 Å². The lowest BCUT2D eigenvalue weighted by Gasteiger charge is -2.08. The molecule has 6 heteroatoms. The Labute approximate surface area is 109 Å². The van der Waals surface area contributed by atoms with Crippen molar-refractivity contribution in [2.75, 3.05) is 5.32 Å². The number of aromatic nitrogens is 1. The minimum atomic E-state index is -0.498. The lowest BCUT2D eigenvalue weighted by atomic mass is 10.1. The molecule has 1 N–H and O–H groups in total. The Balaban J connectivity index is 2.26. The van der Waals surface area contributed by atoms with E-state index in [2.05, 4.69) is 10.3 Å². The summed E-state index contributed by atoms with van der Waals surface area (Å²) in [7, 11) is 0. The number of aryl methyl sites for hydroxylation is 1. The molecule has 1 amide bonds. The average Bonchev–Trinajstić information content (AvgIpc) is 2.42. The highest BCUT2D eigenvalue weighted by Crippen LogP contribution is 2.22. The molecule has 6 nitrogen and oxygen atoms in total. The summed E-state index contributed by atoms with van der Waals surface area (Å²) in [6.45, 7) is 1.77. The van der Waals surface area contributed by atoms with Crippen molar-refractivity contribution < 1.29 is 9.72 Å². The molecule has 0 aliphatic carbocycles. The molecule has 0 atom stereocenters. The van der Waals surface area contributed by atoms with E-state index in [0.29, 0.717) is 11.3 Å².